The van der Waals surface area contributed by atoms with Gasteiger partial charge < -0.3 is 24.4 Å². The van der Waals surface area contributed by atoms with Gasteiger partial charge in [0.15, 0.2) is 0 Å². The summed E-state index contributed by atoms with van der Waals surface area (Å²) in [4.78, 5) is 14.4. The molecular weight excluding hydrogens is 248 g/mol. The number of rotatable bonds is 9. The van der Waals surface area contributed by atoms with Crippen LogP contribution in [0.25, 0.3) is 0 Å². The third kappa shape index (κ3) is 5.06. The molecule has 0 bridgehead atoms. The van der Waals surface area contributed by atoms with Gasteiger partial charge in [0.1, 0.15) is 0 Å². The Morgan fingerprint density at radius 3 is 2.63 bits per heavy atom. The van der Waals surface area contributed by atoms with E-state index in [1.807, 2.05) is 11.9 Å². The highest BCUT2D eigenvalue weighted by atomic mass is 16.5. The number of nitrogens with zero attached hydrogens (tertiary/aromatic N) is 1. The normalized spacial score (nSPS) is 22.7. The van der Waals surface area contributed by atoms with Crippen molar-refractivity contribution < 1.29 is 19.0 Å². The number of carbonyl (C=O) groups excluding carboxylic acids is 1. The van der Waals surface area contributed by atoms with Gasteiger partial charge in [-0.3, -0.25) is 4.79 Å². The van der Waals surface area contributed by atoms with Gasteiger partial charge in [0.05, 0.1) is 25.7 Å². The van der Waals surface area contributed by atoms with Gasteiger partial charge in [-0.25, -0.2) is 0 Å². The topological polar surface area (TPSA) is 60.0 Å². The first-order valence-corrected chi connectivity index (χ1v) is 6.76. The molecule has 0 spiro atoms. The quantitative estimate of drug-likeness (QED) is 0.587. The van der Waals surface area contributed by atoms with Crippen LogP contribution >= 0.6 is 0 Å². The molecule has 2 atom stereocenters. The first-order chi connectivity index (χ1) is 9.24. The van der Waals surface area contributed by atoms with Crippen LogP contribution in [0.15, 0.2) is 0 Å². The van der Waals surface area contributed by atoms with E-state index in [0.717, 1.165) is 6.42 Å². The zero-order chi connectivity index (χ0) is 14.1. The molecule has 1 fully saturated rings. The second-order valence-corrected chi connectivity index (χ2v) is 4.70. The van der Waals surface area contributed by atoms with E-state index in [9.17, 15) is 4.79 Å². The minimum absolute atomic E-state index is 0.0931. The minimum atomic E-state index is -0.0931. The van der Waals surface area contributed by atoms with E-state index in [4.69, 9.17) is 14.2 Å². The zero-order valence-electron chi connectivity index (χ0n) is 12.2. The second-order valence-electron chi connectivity index (χ2n) is 4.70. The highest BCUT2D eigenvalue weighted by Crippen LogP contribution is 2.16. The fourth-order valence-electron chi connectivity index (χ4n) is 2.25. The maximum Gasteiger partial charge on any atom is 0.229 e. The number of ether oxygens (including phenoxy) is 3. The zero-order valence-corrected chi connectivity index (χ0v) is 12.2. The molecule has 6 heteroatoms. The van der Waals surface area contributed by atoms with Crippen LogP contribution in [0.1, 0.15) is 6.42 Å². The highest BCUT2D eigenvalue weighted by Gasteiger charge is 2.35. The van der Waals surface area contributed by atoms with Crippen LogP contribution in [0.5, 0.6) is 0 Å². The van der Waals surface area contributed by atoms with Crippen LogP contribution in [0.2, 0.25) is 0 Å². The molecule has 0 aromatic rings. The minimum Gasteiger partial charge on any atom is -0.385 e. The van der Waals surface area contributed by atoms with Crippen molar-refractivity contribution in [2.45, 2.75) is 12.5 Å². The van der Waals surface area contributed by atoms with Crippen molar-refractivity contribution >= 4 is 5.91 Å². The first kappa shape index (κ1) is 16.4. The number of nitrogens with one attached hydrogen (secondary N) is 1. The lowest BCUT2D eigenvalue weighted by Gasteiger charge is -2.27. The predicted molar refractivity (Wildman–Crippen MR) is 72.1 cm³/mol. The molecule has 2 unspecified atom stereocenters. The molecule has 0 aliphatic carbocycles. The van der Waals surface area contributed by atoms with Gasteiger partial charge in [0, 0.05) is 40.0 Å². The van der Waals surface area contributed by atoms with E-state index < -0.39 is 0 Å². The third-order valence-electron chi connectivity index (χ3n) is 3.42. The van der Waals surface area contributed by atoms with Crippen LogP contribution in [0, 0.1) is 5.92 Å². The van der Waals surface area contributed by atoms with Crippen molar-refractivity contribution in [3.8, 4) is 0 Å². The van der Waals surface area contributed by atoms with E-state index in [2.05, 4.69) is 5.32 Å². The Morgan fingerprint density at radius 1 is 1.26 bits per heavy atom. The molecule has 1 amide bonds. The molecule has 0 aromatic heterocycles. The van der Waals surface area contributed by atoms with E-state index in [1.54, 1.807) is 14.2 Å². The van der Waals surface area contributed by atoms with E-state index in [0.29, 0.717) is 39.5 Å². The number of amides is 1. The fourth-order valence-corrected chi connectivity index (χ4v) is 2.25. The van der Waals surface area contributed by atoms with Crippen LogP contribution < -0.4 is 5.32 Å². The van der Waals surface area contributed by atoms with Crippen LogP contribution in [0.4, 0.5) is 0 Å². The Labute approximate surface area is 115 Å². The second kappa shape index (κ2) is 9.25. The molecule has 1 saturated heterocycles. The van der Waals surface area contributed by atoms with Gasteiger partial charge in [-0.05, 0) is 13.5 Å². The third-order valence-corrected chi connectivity index (χ3v) is 3.42. The molecule has 1 N–H and O–H groups in total. The Balaban J connectivity index is 2.53. The largest absolute Gasteiger partial charge is 0.385 e. The maximum absolute atomic E-state index is 12.5. The molecule has 0 saturated carbocycles. The smallest absolute Gasteiger partial charge is 0.229 e. The predicted octanol–water partition coefficient (Wildman–Crippen LogP) is -0.268. The first-order valence-electron chi connectivity index (χ1n) is 6.76. The number of likely N-dealkylation sites (N-methyl/N-ethyl adjacent to an activating group) is 1. The van der Waals surface area contributed by atoms with E-state index in [-0.39, 0.29) is 17.9 Å². The summed E-state index contributed by atoms with van der Waals surface area (Å²) in [5, 5.41) is 3.14. The highest BCUT2D eigenvalue weighted by molar-refractivity contribution is 5.80. The molecular formula is C13H26N2O4. The molecule has 1 rings (SSSR count). The number of hydrogen-bond acceptors (Lipinski definition) is 5. The molecule has 0 aromatic carbocycles. The molecule has 1 aliphatic heterocycles. The average molecular weight is 274 g/mol. The Morgan fingerprint density at radius 2 is 2.00 bits per heavy atom. The Kier molecular flexibility index (Phi) is 7.97. The van der Waals surface area contributed by atoms with E-state index in [1.165, 1.54) is 0 Å². The summed E-state index contributed by atoms with van der Waals surface area (Å²) in [6.07, 6.45) is 0.837. The average Bonchev–Trinajstić information content (AvgIpc) is 2.90. The summed E-state index contributed by atoms with van der Waals surface area (Å²) in [6, 6.07) is 0.111. The summed E-state index contributed by atoms with van der Waals surface area (Å²) in [5.74, 6) is 0.0504. The molecule has 112 valence electrons. The molecule has 19 heavy (non-hydrogen) atoms. The number of carbonyl (C=O) groups is 1. The van der Waals surface area contributed by atoms with E-state index >= 15 is 0 Å². The molecule has 0 radical (unpaired) electrons. The summed E-state index contributed by atoms with van der Waals surface area (Å²) >= 11 is 0. The maximum atomic E-state index is 12.5. The standard InChI is InChI=1S/C13H26N2O4/c1-14-12-10-19-9-11(12)13(16)15(6-8-18-3)5-4-7-17-2/h11-12,14H,4-10H2,1-3H3. The molecule has 1 aliphatic rings. The van der Waals surface area contributed by atoms with Gasteiger partial charge in [-0.1, -0.05) is 0 Å². The number of methoxy groups -OCH3 is 2. The lowest BCUT2D eigenvalue weighted by atomic mass is 10.0. The van der Waals surface area contributed by atoms with Crippen LogP contribution in [-0.4, -0.2) is 77.6 Å². The van der Waals surface area contributed by atoms with Crippen molar-refractivity contribution in [1.82, 2.24) is 10.2 Å². The molecule has 6 nitrogen and oxygen atoms in total. The summed E-state index contributed by atoms with van der Waals surface area (Å²) < 4.78 is 15.5. The SMILES string of the molecule is CNC1COCC1C(=O)N(CCCOC)CCOC. The summed E-state index contributed by atoms with van der Waals surface area (Å²) in [5.41, 5.74) is 0. The Bertz CT molecular complexity index is 263. The van der Waals surface area contributed by atoms with Gasteiger partial charge >= 0.3 is 0 Å². The summed E-state index contributed by atoms with van der Waals surface area (Å²) in [6.45, 7) is 3.63. The summed E-state index contributed by atoms with van der Waals surface area (Å²) in [7, 11) is 5.18. The fraction of sp³-hybridized carbons (Fsp3) is 0.923. The van der Waals surface area contributed by atoms with Gasteiger partial charge in [0.2, 0.25) is 5.91 Å². The van der Waals surface area contributed by atoms with Crippen molar-refractivity contribution in [3.05, 3.63) is 0 Å². The van der Waals surface area contributed by atoms with Crippen molar-refractivity contribution in [2.24, 2.45) is 5.92 Å². The van der Waals surface area contributed by atoms with Gasteiger partial charge in [-0.15, -0.1) is 0 Å². The number of hydrogen-bond donors (Lipinski definition) is 1. The molecule has 1 heterocycles. The van der Waals surface area contributed by atoms with Crippen molar-refractivity contribution in [2.75, 3.05) is 60.8 Å². The Hall–Kier alpha value is -0.690. The van der Waals surface area contributed by atoms with Crippen molar-refractivity contribution in [3.63, 3.8) is 0 Å². The van der Waals surface area contributed by atoms with Crippen LogP contribution in [-0.2, 0) is 19.0 Å². The van der Waals surface area contributed by atoms with Gasteiger partial charge in [0.25, 0.3) is 0 Å². The lowest BCUT2D eigenvalue weighted by Crippen LogP contribution is -2.46. The van der Waals surface area contributed by atoms with Crippen LogP contribution in [0.3, 0.4) is 0 Å². The lowest BCUT2D eigenvalue weighted by molar-refractivity contribution is -0.136. The van der Waals surface area contributed by atoms with Crippen molar-refractivity contribution in [1.29, 1.82) is 0 Å². The monoisotopic (exact) mass is 274 g/mol. The van der Waals surface area contributed by atoms with Gasteiger partial charge in [-0.2, -0.15) is 0 Å².